The zero-order chi connectivity index (χ0) is 15.5. The van der Waals surface area contributed by atoms with E-state index in [1.54, 1.807) is 42.5 Å². The van der Waals surface area contributed by atoms with Crippen molar-refractivity contribution in [2.45, 2.75) is 6.92 Å². The highest BCUT2D eigenvalue weighted by molar-refractivity contribution is 5.93. The van der Waals surface area contributed by atoms with Crippen LogP contribution in [0.25, 0.3) is 22.9 Å². The first-order valence-electron chi connectivity index (χ1n) is 6.64. The number of benzene rings is 2. The van der Waals surface area contributed by atoms with Crippen LogP contribution in [-0.2, 0) is 4.79 Å². The molecule has 110 valence electrons. The van der Waals surface area contributed by atoms with Crippen molar-refractivity contribution in [3.05, 3.63) is 48.5 Å². The minimum absolute atomic E-state index is 0.0628. The molecule has 0 aliphatic carbocycles. The molecular weight excluding hydrogens is 282 g/mol. The summed E-state index contributed by atoms with van der Waals surface area (Å²) in [7, 11) is 0. The number of aromatic nitrogens is 2. The van der Waals surface area contributed by atoms with Gasteiger partial charge in [0.25, 0.3) is 5.89 Å². The van der Waals surface area contributed by atoms with Gasteiger partial charge in [-0.1, -0.05) is 24.3 Å². The Hall–Kier alpha value is -3.15. The molecule has 2 aromatic carbocycles. The van der Waals surface area contributed by atoms with E-state index in [1.807, 2.05) is 6.07 Å². The number of nitrogens with zero attached hydrogens (tertiary/aromatic N) is 2. The number of carbonyl (C=O) groups excluding carboxylic acids is 1. The van der Waals surface area contributed by atoms with Gasteiger partial charge in [-0.3, -0.25) is 4.79 Å². The molecule has 1 heterocycles. The number of hydrogen-bond acceptors (Lipinski definition) is 5. The third-order valence-electron chi connectivity index (χ3n) is 3.03. The Morgan fingerprint density at radius 3 is 2.27 bits per heavy atom. The van der Waals surface area contributed by atoms with E-state index in [1.165, 1.54) is 6.92 Å². The first-order chi connectivity index (χ1) is 10.6. The number of hydrogen-bond donors (Lipinski definition) is 2. The second-order valence-corrected chi connectivity index (χ2v) is 4.66. The van der Waals surface area contributed by atoms with Gasteiger partial charge in [0.1, 0.15) is 5.75 Å². The summed E-state index contributed by atoms with van der Waals surface area (Å²) >= 11 is 0. The van der Waals surface area contributed by atoms with Gasteiger partial charge in [0.05, 0.1) is 16.8 Å². The quantitative estimate of drug-likeness (QED) is 0.775. The van der Waals surface area contributed by atoms with Gasteiger partial charge in [0, 0.05) is 6.92 Å². The first-order valence-corrected chi connectivity index (χ1v) is 6.64. The number of amides is 1. The van der Waals surface area contributed by atoms with Crippen LogP contribution in [0.3, 0.4) is 0 Å². The molecule has 0 aliphatic heterocycles. The molecule has 0 bridgehead atoms. The minimum Gasteiger partial charge on any atom is -0.507 e. The van der Waals surface area contributed by atoms with Crippen molar-refractivity contribution in [1.29, 1.82) is 0 Å². The molecule has 1 amide bonds. The van der Waals surface area contributed by atoms with E-state index < -0.39 is 0 Å². The molecule has 0 saturated heterocycles. The van der Waals surface area contributed by atoms with Crippen molar-refractivity contribution in [3.8, 4) is 28.7 Å². The zero-order valence-corrected chi connectivity index (χ0v) is 11.8. The van der Waals surface area contributed by atoms with Crippen LogP contribution in [0.15, 0.2) is 52.9 Å². The fourth-order valence-electron chi connectivity index (χ4n) is 2.06. The molecule has 6 nitrogen and oxygen atoms in total. The molecule has 0 aliphatic rings. The molecule has 0 fully saturated rings. The first kappa shape index (κ1) is 13.8. The summed E-state index contributed by atoms with van der Waals surface area (Å²) in [6.45, 7) is 1.43. The van der Waals surface area contributed by atoms with Crippen molar-refractivity contribution in [2.75, 3.05) is 5.32 Å². The average Bonchev–Trinajstić information content (AvgIpc) is 2.97. The predicted octanol–water partition coefficient (Wildman–Crippen LogP) is 3.07. The molecule has 3 aromatic rings. The monoisotopic (exact) mass is 295 g/mol. The average molecular weight is 295 g/mol. The Morgan fingerprint density at radius 2 is 1.59 bits per heavy atom. The highest BCUT2D eigenvalue weighted by atomic mass is 16.4. The highest BCUT2D eigenvalue weighted by Gasteiger charge is 2.15. The molecule has 1 aromatic heterocycles. The SMILES string of the molecule is CC(=O)Nc1ccccc1-c1nnc(-c2ccccc2O)o1. The number of para-hydroxylation sites is 2. The van der Waals surface area contributed by atoms with Gasteiger partial charge in [-0.2, -0.15) is 0 Å². The Morgan fingerprint density at radius 1 is 1.00 bits per heavy atom. The van der Waals surface area contributed by atoms with Crippen molar-refractivity contribution in [1.82, 2.24) is 10.2 Å². The molecule has 6 heteroatoms. The number of rotatable bonds is 3. The van der Waals surface area contributed by atoms with Crippen LogP contribution in [0.5, 0.6) is 5.75 Å². The summed E-state index contributed by atoms with van der Waals surface area (Å²) in [5.41, 5.74) is 1.66. The number of aromatic hydroxyl groups is 1. The Balaban J connectivity index is 2.02. The van der Waals surface area contributed by atoms with Gasteiger partial charge in [0.2, 0.25) is 11.8 Å². The van der Waals surface area contributed by atoms with Crippen LogP contribution in [0, 0.1) is 0 Å². The molecule has 2 N–H and O–H groups in total. The van der Waals surface area contributed by atoms with E-state index in [0.717, 1.165) is 0 Å². The number of carbonyl (C=O) groups is 1. The van der Waals surface area contributed by atoms with Crippen molar-refractivity contribution in [2.24, 2.45) is 0 Å². The predicted molar refractivity (Wildman–Crippen MR) is 81.1 cm³/mol. The summed E-state index contributed by atoms with van der Waals surface area (Å²) in [5, 5.41) is 20.5. The summed E-state index contributed by atoms with van der Waals surface area (Å²) in [4.78, 5) is 11.3. The topological polar surface area (TPSA) is 88.2 Å². The van der Waals surface area contributed by atoms with Gasteiger partial charge >= 0.3 is 0 Å². The second-order valence-electron chi connectivity index (χ2n) is 4.66. The van der Waals surface area contributed by atoms with Crippen LogP contribution in [0.2, 0.25) is 0 Å². The lowest BCUT2D eigenvalue weighted by atomic mass is 10.1. The standard InChI is InChI=1S/C16H13N3O3/c1-10(20)17-13-8-4-2-6-11(13)15-18-19-16(22-15)12-7-3-5-9-14(12)21/h2-9,21H,1H3,(H,17,20). The van der Waals surface area contributed by atoms with Crippen molar-refractivity contribution >= 4 is 11.6 Å². The lowest BCUT2D eigenvalue weighted by molar-refractivity contribution is -0.114. The summed E-state index contributed by atoms with van der Waals surface area (Å²) < 4.78 is 5.63. The van der Waals surface area contributed by atoms with E-state index in [9.17, 15) is 9.90 Å². The maximum Gasteiger partial charge on any atom is 0.251 e. The van der Waals surface area contributed by atoms with Crippen molar-refractivity contribution in [3.63, 3.8) is 0 Å². The molecule has 22 heavy (non-hydrogen) atoms. The minimum atomic E-state index is -0.187. The van der Waals surface area contributed by atoms with Crippen LogP contribution < -0.4 is 5.32 Å². The van der Waals surface area contributed by atoms with E-state index in [4.69, 9.17) is 4.42 Å². The summed E-state index contributed by atoms with van der Waals surface area (Å²) in [6.07, 6.45) is 0. The Kier molecular flexibility index (Phi) is 3.57. The van der Waals surface area contributed by atoms with Gasteiger partial charge in [0.15, 0.2) is 0 Å². The molecule has 0 radical (unpaired) electrons. The molecule has 0 spiro atoms. The number of phenolic OH excluding ortho intramolecular Hbond substituents is 1. The fraction of sp³-hybridized carbons (Fsp3) is 0.0625. The lowest BCUT2D eigenvalue weighted by Crippen LogP contribution is -2.06. The van der Waals surface area contributed by atoms with E-state index in [0.29, 0.717) is 16.8 Å². The smallest absolute Gasteiger partial charge is 0.251 e. The number of anilines is 1. The van der Waals surface area contributed by atoms with E-state index >= 15 is 0 Å². The fourth-order valence-corrected chi connectivity index (χ4v) is 2.06. The Bertz CT molecular complexity index is 827. The number of nitrogens with one attached hydrogen (secondary N) is 1. The molecule has 3 rings (SSSR count). The van der Waals surface area contributed by atoms with Crippen LogP contribution >= 0.6 is 0 Å². The Labute approximate surface area is 126 Å². The van der Waals surface area contributed by atoms with Crippen LogP contribution in [0.4, 0.5) is 5.69 Å². The third kappa shape index (κ3) is 2.67. The zero-order valence-electron chi connectivity index (χ0n) is 11.8. The van der Waals surface area contributed by atoms with Crippen molar-refractivity contribution < 1.29 is 14.3 Å². The summed E-state index contributed by atoms with van der Waals surface area (Å²) in [6, 6.07) is 13.8. The molecular formula is C16H13N3O3. The number of phenols is 1. The maximum absolute atomic E-state index is 11.3. The van der Waals surface area contributed by atoms with Crippen LogP contribution in [-0.4, -0.2) is 21.2 Å². The largest absolute Gasteiger partial charge is 0.507 e. The summed E-state index contributed by atoms with van der Waals surface area (Å²) in [5.74, 6) is 0.356. The van der Waals surface area contributed by atoms with E-state index in [2.05, 4.69) is 15.5 Å². The van der Waals surface area contributed by atoms with E-state index in [-0.39, 0.29) is 23.4 Å². The van der Waals surface area contributed by atoms with Crippen LogP contribution in [0.1, 0.15) is 6.92 Å². The second kappa shape index (κ2) is 5.69. The maximum atomic E-state index is 11.3. The molecule has 0 saturated carbocycles. The highest BCUT2D eigenvalue weighted by Crippen LogP contribution is 2.32. The molecule has 0 atom stereocenters. The normalized spacial score (nSPS) is 10.4. The third-order valence-corrected chi connectivity index (χ3v) is 3.03. The van der Waals surface area contributed by atoms with Gasteiger partial charge in [-0.25, -0.2) is 0 Å². The van der Waals surface area contributed by atoms with Gasteiger partial charge in [-0.15, -0.1) is 10.2 Å². The van der Waals surface area contributed by atoms with Gasteiger partial charge in [-0.05, 0) is 24.3 Å². The lowest BCUT2D eigenvalue weighted by Gasteiger charge is -2.05. The molecule has 0 unspecified atom stereocenters. The van der Waals surface area contributed by atoms with Gasteiger partial charge < -0.3 is 14.8 Å².